The van der Waals surface area contributed by atoms with E-state index in [1.54, 1.807) is 0 Å². The fraction of sp³-hybridized carbons (Fsp3) is 0.889. The Morgan fingerprint density at radius 1 is 1.04 bits per heavy atom. The molecule has 1 aromatic heterocycles. The van der Waals surface area contributed by atoms with E-state index in [2.05, 4.69) is 38.5 Å². The van der Waals surface area contributed by atoms with Gasteiger partial charge in [-0.25, -0.2) is 0 Å². The van der Waals surface area contributed by atoms with Gasteiger partial charge in [0.15, 0.2) is 0 Å². The number of rotatable bonds is 8. The average Bonchev–Trinajstić information content (AvgIpc) is 3.01. The maximum Gasteiger partial charge on any atom is 0.146 e. The normalized spacial score (nSPS) is 21.0. The van der Waals surface area contributed by atoms with Crippen LogP contribution in [0.25, 0.3) is 0 Å². The lowest BCUT2D eigenvalue weighted by molar-refractivity contribution is 0.0326. The highest BCUT2D eigenvalue weighted by Gasteiger charge is 2.25. The maximum atomic E-state index is 5.61. The van der Waals surface area contributed by atoms with Crippen molar-refractivity contribution in [2.45, 2.75) is 38.6 Å². The molecule has 0 unspecified atom stereocenters. The predicted octanol–water partition coefficient (Wildman–Crippen LogP) is 1.25. The highest BCUT2D eigenvalue weighted by molar-refractivity contribution is 5.03. The van der Waals surface area contributed by atoms with Gasteiger partial charge in [-0.3, -0.25) is 4.90 Å². The van der Waals surface area contributed by atoms with Crippen molar-refractivity contribution in [1.82, 2.24) is 24.6 Å². The molecule has 2 aliphatic rings. The minimum atomic E-state index is 0.531. The Morgan fingerprint density at radius 3 is 2.52 bits per heavy atom. The smallest absolute Gasteiger partial charge is 0.146 e. The molecular formula is C18H33N5O2. The fourth-order valence-corrected chi connectivity index (χ4v) is 3.68. The molecule has 1 aromatic rings. The molecule has 0 atom stereocenters. The van der Waals surface area contributed by atoms with Crippen LogP contribution >= 0.6 is 0 Å². The molecule has 2 saturated heterocycles. The van der Waals surface area contributed by atoms with Gasteiger partial charge in [-0.05, 0) is 32.4 Å². The molecule has 2 aliphatic heterocycles. The third-order valence-corrected chi connectivity index (χ3v) is 5.32. The molecule has 25 heavy (non-hydrogen) atoms. The lowest BCUT2D eigenvalue weighted by Gasteiger charge is -2.31. The summed E-state index contributed by atoms with van der Waals surface area (Å²) in [5.74, 6) is 2.76. The fourth-order valence-electron chi connectivity index (χ4n) is 3.68. The van der Waals surface area contributed by atoms with Gasteiger partial charge in [-0.2, -0.15) is 0 Å². The van der Waals surface area contributed by atoms with Crippen molar-refractivity contribution in [1.29, 1.82) is 0 Å². The van der Waals surface area contributed by atoms with Crippen molar-refractivity contribution >= 4 is 0 Å². The number of piperidine rings is 1. The number of aromatic nitrogens is 3. The first-order valence-electron chi connectivity index (χ1n) is 9.76. The molecule has 3 heterocycles. The predicted molar refractivity (Wildman–Crippen MR) is 96.6 cm³/mol. The molecule has 142 valence electrons. The summed E-state index contributed by atoms with van der Waals surface area (Å²) >= 11 is 0. The molecular weight excluding hydrogens is 318 g/mol. The number of likely N-dealkylation sites (tertiary alicyclic amines) is 1. The second-order valence-electron chi connectivity index (χ2n) is 7.15. The van der Waals surface area contributed by atoms with Gasteiger partial charge in [0.05, 0.1) is 26.4 Å². The number of hydrogen-bond acceptors (Lipinski definition) is 6. The van der Waals surface area contributed by atoms with Crippen LogP contribution in [-0.2, 0) is 23.1 Å². The first kappa shape index (κ1) is 18.8. The summed E-state index contributed by atoms with van der Waals surface area (Å²) in [5.41, 5.74) is 0. The highest BCUT2D eigenvalue weighted by Crippen LogP contribution is 2.26. The zero-order valence-corrected chi connectivity index (χ0v) is 15.8. The largest absolute Gasteiger partial charge is 0.380 e. The van der Waals surface area contributed by atoms with E-state index in [1.165, 1.54) is 0 Å². The summed E-state index contributed by atoms with van der Waals surface area (Å²) < 4.78 is 13.3. The van der Waals surface area contributed by atoms with E-state index in [0.29, 0.717) is 5.92 Å². The van der Waals surface area contributed by atoms with Crippen molar-refractivity contribution in [2.24, 2.45) is 7.05 Å². The highest BCUT2D eigenvalue weighted by atomic mass is 16.5. The van der Waals surface area contributed by atoms with Crippen LogP contribution in [0.5, 0.6) is 0 Å². The van der Waals surface area contributed by atoms with Gasteiger partial charge in [0.25, 0.3) is 0 Å². The van der Waals surface area contributed by atoms with Crippen molar-refractivity contribution < 1.29 is 9.47 Å². The topological polar surface area (TPSA) is 55.6 Å². The van der Waals surface area contributed by atoms with Crippen LogP contribution in [0.15, 0.2) is 0 Å². The lowest BCUT2D eigenvalue weighted by atomic mass is 9.96. The van der Waals surface area contributed by atoms with Crippen LogP contribution in [0, 0.1) is 0 Å². The summed E-state index contributed by atoms with van der Waals surface area (Å²) in [5, 5.41) is 9.00. The van der Waals surface area contributed by atoms with Gasteiger partial charge in [0, 0.05) is 39.2 Å². The van der Waals surface area contributed by atoms with Crippen molar-refractivity contribution in [2.75, 3.05) is 59.2 Å². The van der Waals surface area contributed by atoms with E-state index >= 15 is 0 Å². The Hall–Kier alpha value is -1.02. The Kier molecular flexibility index (Phi) is 7.22. The standard InChI is InChI=1S/C18H33N5O2/c1-3-11-24-12-8-22-6-4-16(5-7-22)18-20-19-17(21(18)2)15-23-9-13-25-14-10-23/h16H,3-15H2,1-2H3. The van der Waals surface area contributed by atoms with E-state index in [0.717, 1.165) is 96.6 Å². The first-order chi connectivity index (χ1) is 12.3. The van der Waals surface area contributed by atoms with Crippen LogP contribution in [0.3, 0.4) is 0 Å². The molecule has 0 saturated carbocycles. The Morgan fingerprint density at radius 2 is 1.80 bits per heavy atom. The number of morpholine rings is 1. The summed E-state index contributed by atoms with van der Waals surface area (Å²) in [6.45, 7) is 11.7. The van der Waals surface area contributed by atoms with E-state index < -0.39 is 0 Å². The second kappa shape index (κ2) is 9.62. The van der Waals surface area contributed by atoms with Gasteiger partial charge in [0.1, 0.15) is 11.6 Å². The number of nitrogens with zero attached hydrogens (tertiary/aromatic N) is 5. The molecule has 0 N–H and O–H groups in total. The van der Waals surface area contributed by atoms with Gasteiger partial charge >= 0.3 is 0 Å². The maximum absolute atomic E-state index is 5.61. The minimum Gasteiger partial charge on any atom is -0.380 e. The molecule has 7 nitrogen and oxygen atoms in total. The van der Waals surface area contributed by atoms with Crippen molar-refractivity contribution in [3.8, 4) is 0 Å². The average molecular weight is 351 g/mol. The SMILES string of the molecule is CCCOCCN1CCC(c2nnc(CN3CCOCC3)n2C)CC1. The summed E-state index contributed by atoms with van der Waals surface area (Å²) in [6, 6.07) is 0. The van der Waals surface area contributed by atoms with Crippen LogP contribution in [-0.4, -0.2) is 83.7 Å². The lowest BCUT2D eigenvalue weighted by Crippen LogP contribution is -2.37. The Bertz CT molecular complexity index is 508. The Balaban J connectivity index is 1.46. The Labute approximate surface area is 151 Å². The van der Waals surface area contributed by atoms with Crippen LogP contribution < -0.4 is 0 Å². The van der Waals surface area contributed by atoms with Crippen LogP contribution in [0.2, 0.25) is 0 Å². The third-order valence-electron chi connectivity index (χ3n) is 5.32. The van der Waals surface area contributed by atoms with Gasteiger partial charge in [-0.15, -0.1) is 10.2 Å². The summed E-state index contributed by atoms with van der Waals surface area (Å²) in [7, 11) is 2.12. The van der Waals surface area contributed by atoms with Crippen molar-refractivity contribution in [3.05, 3.63) is 11.6 Å². The molecule has 0 aliphatic carbocycles. The van der Waals surface area contributed by atoms with E-state index in [4.69, 9.17) is 9.47 Å². The molecule has 0 bridgehead atoms. The van der Waals surface area contributed by atoms with Crippen LogP contribution in [0.1, 0.15) is 43.8 Å². The molecule has 0 amide bonds. The minimum absolute atomic E-state index is 0.531. The third kappa shape index (κ3) is 5.23. The zero-order chi connectivity index (χ0) is 17.5. The van der Waals surface area contributed by atoms with E-state index in [9.17, 15) is 0 Å². The van der Waals surface area contributed by atoms with Gasteiger partial charge < -0.3 is 18.9 Å². The summed E-state index contributed by atoms with van der Waals surface area (Å²) in [4.78, 5) is 4.91. The van der Waals surface area contributed by atoms with Crippen LogP contribution in [0.4, 0.5) is 0 Å². The van der Waals surface area contributed by atoms with Gasteiger partial charge in [-0.1, -0.05) is 6.92 Å². The zero-order valence-electron chi connectivity index (χ0n) is 15.8. The molecule has 0 spiro atoms. The van der Waals surface area contributed by atoms with Gasteiger partial charge in [0.2, 0.25) is 0 Å². The first-order valence-corrected chi connectivity index (χ1v) is 9.76. The summed E-state index contributed by atoms with van der Waals surface area (Å²) in [6.07, 6.45) is 3.43. The molecule has 2 fully saturated rings. The monoisotopic (exact) mass is 351 g/mol. The molecule has 7 heteroatoms. The van der Waals surface area contributed by atoms with E-state index in [-0.39, 0.29) is 0 Å². The molecule has 0 radical (unpaired) electrons. The quantitative estimate of drug-likeness (QED) is 0.657. The molecule has 0 aromatic carbocycles. The second-order valence-corrected chi connectivity index (χ2v) is 7.15. The van der Waals surface area contributed by atoms with Crippen molar-refractivity contribution in [3.63, 3.8) is 0 Å². The number of hydrogen-bond donors (Lipinski definition) is 0. The van der Waals surface area contributed by atoms with E-state index in [1.807, 2.05) is 0 Å². The molecule has 3 rings (SSSR count). The number of ether oxygens (including phenoxy) is 2.